The number of hydrogen-bond donors (Lipinski definition) is 1. The Morgan fingerprint density at radius 2 is 2.11 bits per heavy atom. The summed E-state index contributed by atoms with van der Waals surface area (Å²) in [5, 5.41) is 11.5. The highest BCUT2D eigenvalue weighted by Gasteiger charge is 2.30. The highest BCUT2D eigenvalue weighted by atomic mass is 79.9. The van der Waals surface area contributed by atoms with Crippen LogP contribution in [-0.4, -0.2) is 34.5 Å². The molecule has 18 heavy (non-hydrogen) atoms. The monoisotopic (exact) mass is 338 g/mol. The highest BCUT2D eigenvalue weighted by molar-refractivity contribution is 9.10. The summed E-state index contributed by atoms with van der Waals surface area (Å²) in [6.07, 6.45) is 0.670. The predicted molar refractivity (Wildman–Crippen MR) is 70.0 cm³/mol. The first-order valence-corrected chi connectivity index (χ1v) is 7.86. The summed E-state index contributed by atoms with van der Waals surface area (Å²) in [7, 11) is -2.10. The molecule has 1 heterocycles. The lowest BCUT2D eigenvalue weighted by Gasteiger charge is -2.09. The van der Waals surface area contributed by atoms with E-state index in [9.17, 15) is 13.2 Å². The molecule has 0 fully saturated rings. The Hall–Kier alpha value is -0.890. The molecule has 0 amide bonds. The Morgan fingerprint density at radius 1 is 1.56 bits per heavy atom. The third-order valence-electron chi connectivity index (χ3n) is 2.73. The molecule has 0 bridgehead atoms. The quantitative estimate of drug-likeness (QED) is 0.869. The summed E-state index contributed by atoms with van der Waals surface area (Å²) >= 11 is 3.31. The van der Waals surface area contributed by atoms with Crippen LogP contribution in [0.2, 0.25) is 0 Å². The molecule has 0 aliphatic rings. The number of sulfone groups is 1. The maximum atomic E-state index is 11.9. The zero-order valence-electron chi connectivity index (χ0n) is 10.3. The Kier molecular flexibility index (Phi) is 4.55. The fraction of sp³-hybridized carbons (Fsp3) is 0.600. The molecule has 6 nitrogen and oxygen atoms in total. The third-order valence-corrected chi connectivity index (χ3v) is 5.60. The van der Waals surface area contributed by atoms with Crippen molar-refractivity contribution < 1.29 is 18.3 Å². The second-order valence-electron chi connectivity index (χ2n) is 3.97. The smallest absolute Gasteiger partial charge is 0.321 e. The molecular formula is C10H15BrN2O4S. The predicted octanol–water partition coefficient (Wildman–Crippen LogP) is 1.13. The van der Waals surface area contributed by atoms with Crippen LogP contribution in [0.15, 0.2) is 4.47 Å². The van der Waals surface area contributed by atoms with Gasteiger partial charge < -0.3 is 5.11 Å². The minimum absolute atomic E-state index is 0.343. The van der Waals surface area contributed by atoms with E-state index in [1.807, 2.05) is 6.92 Å². The second kappa shape index (κ2) is 5.40. The summed E-state index contributed by atoms with van der Waals surface area (Å²) in [4.78, 5) is 10.8. The van der Waals surface area contributed by atoms with Crippen LogP contribution in [0, 0.1) is 0 Å². The molecule has 0 aliphatic carbocycles. The fourth-order valence-electron chi connectivity index (χ4n) is 1.45. The largest absolute Gasteiger partial charge is 0.480 e. The van der Waals surface area contributed by atoms with Gasteiger partial charge >= 0.3 is 5.97 Å². The standard InChI is InChI=1S/C10H15BrN2O4S/c1-4-7-9(11)8(13(3)12-7)5-18(16,17)6(2)10(14)15/h6H,4-5H2,1-3H3,(H,14,15). The zero-order chi connectivity index (χ0) is 14.1. The lowest BCUT2D eigenvalue weighted by atomic mass is 10.3. The Morgan fingerprint density at radius 3 is 2.50 bits per heavy atom. The summed E-state index contributed by atoms with van der Waals surface area (Å²) < 4.78 is 25.9. The van der Waals surface area contributed by atoms with Gasteiger partial charge in [0.15, 0.2) is 15.1 Å². The molecule has 1 aromatic rings. The second-order valence-corrected chi connectivity index (χ2v) is 7.09. The van der Waals surface area contributed by atoms with Crippen LogP contribution in [0.3, 0.4) is 0 Å². The number of nitrogens with zero attached hydrogens (tertiary/aromatic N) is 2. The van der Waals surface area contributed by atoms with E-state index in [1.165, 1.54) is 11.6 Å². The van der Waals surface area contributed by atoms with Crippen LogP contribution in [0.4, 0.5) is 0 Å². The fourth-order valence-corrected chi connectivity index (χ4v) is 3.66. The molecule has 1 unspecified atom stereocenters. The minimum atomic E-state index is -3.74. The van der Waals surface area contributed by atoms with Crippen LogP contribution in [0.5, 0.6) is 0 Å². The zero-order valence-corrected chi connectivity index (χ0v) is 12.7. The molecule has 1 rings (SSSR count). The van der Waals surface area contributed by atoms with Gasteiger partial charge in [-0.2, -0.15) is 5.10 Å². The van der Waals surface area contributed by atoms with Crippen LogP contribution >= 0.6 is 15.9 Å². The average molecular weight is 339 g/mol. The van der Waals surface area contributed by atoms with Gasteiger partial charge in [0.2, 0.25) is 0 Å². The highest BCUT2D eigenvalue weighted by Crippen LogP contribution is 2.24. The van der Waals surface area contributed by atoms with Crippen molar-refractivity contribution in [1.82, 2.24) is 9.78 Å². The SMILES string of the molecule is CCc1nn(C)c(CS(=O)(=O)C(C)C(=O)O)c1Br. The van der Waals surface area contributed by atoms with E-state index in [0.717, 1.165) is 5.69 Å². The van der Waals surface area contributed by atoms with Gasteiger partial charge in [0.05, 0.1) is 21.6 Å². The van der Waals surface area contributed by atoms with Crippen molar-refractivity contribution in [3.63, 3.8) is 0 Å². The third kappa shape index (κ3) is 2.92. The summed E-state index contributed by atoms with van der Waals surface area (Å²) in [6, 6.07) is 0. The molecule has 0 saturated heterocycles. The van der Waals surface area contributed by atoms with Crippen molar-refractivity contribution in [3.8, 4) is 0 Å². The number of aryl methyl sites for hydroxylation is 2. The maximum Gasteiger partial charge on any atom is 0.321 e. The summed E-state index contributed by atoms with van der Waals surface area (Å²) in [5.74, 6) is -1.69. The Balaban J connectivity index is 3.12. The van der Waals surface area contributed by atoms with Crippen molar-refractivity contribution >= 4 is 31.7 Å². The number of carboxylic acids is 1. The average Bonchev–Trinajstić information content (AvgIpc) is 2.54. The van der Waals surface area contributed by atoms with Gasteiger partial charge in [0.1, 0.15) is 0 Å². The van der Waals surface area contributed by atoms with Crippen molar-refractivity contribution in [1.29, 1.82) is 0 Å². The lowest BCUT2D eigenvalue weighted by Crippen LogP contribution is -2.28. The van der Waals surface area contributed by atoms with Crippen LogP contribution in [0.1, 0.15) is 25.2 Å². The minimum Gasteiger partial charge on any atom is -0.480 e. The van der Waals surface area contributed by atoms with E-state index in [4.69, 9.17) is 5.11 Å². The van der Waals surface area contributed by atoms with Gasteiger partial charge in [-0.1, -0.05) is 6.92 Å². The van der Waals surface area contributed by atoms with Crippen LogP contribution in [0.25, 0.3) is 0 Å². The molecule has 0 aromatic carbocycles. The molecule has 0 aliphatic heterocycles. The van der Waals surface area contributed by atoms with E-state index in [-0.39, 0.29) is 5.75 Å². The van der Waals surface area contributed by atoms with Crippen molar-refractivity contribution in [2.45, 2.75) is 31.3 Å². The molecule has 1 aromatic heterocycles. The summed E-state index contributed by atoms with van der Waals surface area (Å²) in [5.41, 5.74) is 1.23. The number of rotatable bonds is 5. The number of aromatic nitrogens is 2. The molecule has 102 valence electrons. The van der Waals surface area contributed by atoms with Crippen molar-refractivity contribution in [2.24, 2.45) is 7.05 Å². The Bertz CT molecular complexity index is 565. The number of carboxylic acid groups (broad SMARTS) is 1. The maximum absolute atomic E-state index is 11.9. The number of halogens is 1. The first kappa shape index (κ1) is 15.2. The van der Waals surface area contributed by atoms with Crippen molar-refractivity contribution in [2.75, 3.05) is 0 Å². The molecule has 8 heteroatoms. The normalized spacial score (nSPS) is 13.6. The van der Waals surface area contributed by atoms with Gasteiger partial charge in [-0.05, 0) is 29.3 Å². The lowest BCUT2D eigenvalue weighted by molar-refractivity contribution is -0.136. The van der Waals surface area contributed by atoms with Crippen LogP contribution in [-0.2, 0) is 33.9 Å². The first-order valence-electron chi connectivity index (χ1n) is 5.35. The van der Waals surface area contributed by atoms with E-state index in [0.29, 0.717) is 16.6 Å². The molecule has 1 atom stereocenters. The van der Waals surface area contributed by atoms with Crippen LogP contribution < -0.4 is 0 Å². The molecule has 0 saturated carbocycles. The molecule has 0 radical (unpaired) electrons. The number of carbonyl (C=O) groups is 1. The number of hydrogen-bond acceptors (Lipinski definition) is 4. The van der Waals surface area contributed by atoms with E-state index < -0.39 is 21.1 Å². The van der Waals surface area contributed by atoms with Gasteiger partial charge in [-0.3, -0.25) is 9.48 Å². The Labute approximate surface area is 114 Å². The van der Waals surface area contributed by atoms with E-state index in [1.54, 1.807) is 7.05 Å². The van der Waals surface area contributed by atoms with Gasteiger partial charge in [-0.15, -0.1) is 0 Å². The van der Waals surface area contributed by atoms with Gasteiger partial charge in [0.25, 0.3) is 0 Å². The number of aliphatic carboxylic acids is 1. The van der Waals surface area contributed by atoms with Gasteiger partial charge in [-0.25, -0.2) is 8.42 Å². The summed E-state index contributed by atoms with van der Waals surface area (Å²) in [6.45, 7) is 3.08. The topological polar surface area (TPSA) is 89.3 Å². The van der Waals surface area contributed by atoms with Gasteiger partial charge in [0, 0.05) is 7.05 Å². The van der Waals surface area contributed by atoms with Crippen molar-refractivity contribution in [3.05, 3.63) is 15.9 Å². The molecule has 0 spiro atoms. The first-order chi connectivity index (χ1) is 8.20. The van der Waals surface area contributed by atoms with E-state index in [2.05, 4.69) is 21.0 Å². The molecular weight excluding hydrogens is 324 g/mol. The van der Waals surface area contributed by atoms with E-state index >= 15 is 0 Å². The molecule has 1 N–H and O–H groups in total.